The zero-order valence-electron chi connectivity index (χ0n) is 11.7. The summed E-state index contributed by atoms with van der Waals surface area (Å²) in [4.78, 5) is 17.4. The molecule has 0 amide bonds. The number of nitrogens with one attached hydrogen (secondary N) is 1. The van der Waals surface area contributed by atoms with E-state index in [1.54, 1.807) is 11.3 Å². The second-order valence-corrected chi connectivity index (χ2v) is 6.33. The highest BCUT2D eigenvalue weighted by Gasteiger charge is 2.24. The molecule has 2 aromatic heterocycles. The summed E-state index contributed by atoms with van der Waals surface area (Å²) in [5, 5.41) is 1.29. The Bertz CT molecular complexity index is 844. The zero-order chi connectivity index (χ0) is 14.4. The maximum absolute atomic E-state index is 11.9. The first kappa shape index (κ1) is 12.7. The number of H-pyrrole nitrogens is 1. The second-order valence-electron chi connectivity index (χ2n) is 5.19. The van der Waals surface area contributed by atoms with Gasteiger partial charge in [0.2, 0.25) is 0 Å². The molecular formula is C17H15NO2S. The first-order valence-electron chi connectivity index (χ1n) is 7.17. The van der Waals surface area contributed by atoms with Gasteiger partial charge in [-0.25, -0.2) is 4.79 Å². The molecule has 106 valence electrons. The van der Waals surface area contributed by atoms with Crippen LogP contribution in [0, 0.1) is 0 Å². The first-order chi connectivity index (χ1) is 10.3. The summed E-state index contributed by atoms with van der Waals surface area (Å²) >= 11 is 1.56. The van der Waals surface area contributed by atoms with Crippen molar-refractivity contribution in [3.8, 4) is 11.3 Å². The molecular weight excluding hydrogens is 282 g/mol. The molecule has 0 atom stereocenters. The van der Waals surface area contributed by atoms with Crippen molar-refractivity contribution in [1.82, 2.24) is 4.98 Å². The Morgan fingerprint density at radius 2 is 2.19 bits per heavy atom. The van der Waals surface area contributed by atoms with Crippen LogP contribution in [0.25, 0.3) is 22.2 Å². The molecule has 4 heteroatoms. The molecule has 1 N–H and O–H groups in total. The van der Waals surface area contributed by atoms with Crippen LogP contribution in [0.2, 0.25) is 0 Å². The molecule has 1 aliphatic rings. The Balaban J connectivity index is 1.86. The van der Waals surface area contributed by atoms with Gasteiger partial charge in [-0.2, -0.15) is 0 Å². The third-order valence-electron chi connectivity index (χ3n) is 3.97. The van der Waals surface area contributed by atoms with Crippen LogP contribution in [0.5, 0.6) is 0 Å². The van der Waals surface area contributed by atoms with Gasteiger partial charge in [0.25, 0.3) is 0 Å². The van der Waals surface area contributed by atoms with Gasteiger partial charge >= 0.3 is 5.97 Å². The number of benzene rings is 1. The summed E-state index contributed by atoms with van der Waals surface area (Å²) in [7, 11) is 0. The third-order valence-corrected chi connectivity index (χ3v) is 5.15. The minimum Gasteiger partial charge on any atom is -0.462 e. The fourth-order valence-electron chi connectivity index (χ4n) is 3.06. The average molecular weight is 297 g/mol. The lowest BCUT2D eigenvalue weighted by Gasteiger charge is -2.11. The molecule has 0 spiro atoms. The van der Waals surface area contributed by atoms with Crippen molar-refractivity contribution in [2.24, 2.45) is 0 Å². The van der Waals surface area contributed by atoms with E-state index in [2.05, 4.69) is 23.2 Å². The highest BCUT2D eigenvalue weighted by molar-refractivity contribution is 7.14. The average Bonchev–Trinajstić information content (AvgIpc) is 3.08. The Morgan fingerprint density at radius 3 is 3.05 bits per heavy atom. The van der Waals surface area contributed by atoms with Crippen molar-refractivity contribution in [3.05, 3.63) is 45.6 Å². The number of fused-ring (bicyclic) bond motifs is 5. The molecule has 1 aromatic carbocycles. The fourth-order valence-corrected chi connectivity index (χ4v) is 4.12. The SMILES string of the molecule is CCOC(=O)c1cc2c(s1)CCc1c-2[nH]c2ccccc12. The van der Waals surface area contributed by atoms with E-state index in [0.717, 1.165) is 12.8 Å². The van der Waals surface area contributed by atoms with Crippen LogP contribution in [0.1, 0.15) is 27.0 Å². The van der Waals surface area contributed by atoms with E-state index in [-0.39, 0.29) is 5.97 Å². The summed E-state index contributed by atoms with van der Waals surface area (Å²) < 4.78 is 5.11. The van der Waals surface area contributed by atoms with Gasteiger partial charge in [0, 0.05) is 21.3 Å². The summed E-state index contributed by atoms with van der Waals surface area (Å²) in [6.07, 6.45) is 2.02. The van der Waals surface area contributed by atoms with Crippen LogP contribution in [0.4, 0.5) is 0 Å². The van der Waals surface area contributed by atoms with E-state index in [0.29, 0.717) is 11.5 Å². The van der Waals surface area contributed by atoms with Crippen LogP contribution in [0.3, 0.4) is 0 Å². The van der Waals surface area contributed by atoms with Crippen LogP contribution < -0.4 is 0 Å². The van der Waals surface area contributed by atoms with Crippen molar-refractivity contribution >= 4 is 28.2 Å². The van der Waals surface area contributed by atoms with Crippen molar-refractivity contribution < 1.29 is 9.53 Å². The predicted octanol–water partition coefficient (Wildman–Crippen LogP) is 4.17. The van der Waals surface area contributed by atoms with E-state index >= 15 is 0 Å². The van der Waals surface area contributed by atoms with Gasteiger partial charge in [-0.15, -0.1) is 11.3 Å². The number of para-hydroxylation sites is 1. The molecule has 0 radical (unpaired) electrons. The minimum absolute atomic E-state index is 0.213. The van der Waals surface area contributed by atoms with Gasteiger partial charge < -0.3 is 9.72 Å². The van der Waals surface area contributed by atoms with Gasteiger partial charge in [0.1, 0.15) is 4.88 Å². The number of hydrogen-bond acceptors (Lipinski definition) is 3. The Kier molecular flexibility index (Phi) is 2.86. The summed E-state index contributed by atoms with van der Waals surface area (Å²) in [6.45, 7) is 2.25. The van der Waals surface area contributed by atoms with Crippen molar-refractivity contribution in [2.75, 3.05) is 6.61 Å². The summed E-state index contributed by atoms with van der Waals surface area (Å²) in [6, 6.07) is 10.4. The van der Waals surface area contributed by atoms with Crippen LogP contribution in [-0.2, 0) is 17.6 Å². The fraction of sp³-hybridized carbons (Fsp3) is 0.235. The minimum atomic E-state index is -0.213. The zero-order valence-corrected chi connectivity index (χ0v) is 12.5. The molecule has 3 aromatic rings. The number of aromatic nitrogens is 1. The van der Waals surface area contributed by atoms with Crippen molar-refractivity contribution in [1.29, 1.82) is 0 Å². The number of esters is 1. The van der Waals surface area contributed by atoms with E-state index < -0.39 is 0 Å². The topological polar surface area (TPSA) is 42.1 Å². The van der Waals surface area contributed by atoms with Crippen LogP contribution >= 0.6 is 11.3 Å². The molecule has 2 heterocycles. The monoisotopic (exact) mass is 297 g/mol. The number of thiophene rings is 1. The van der Waals surface area contributed by atoms with Gasteiger partial charge in [-0.05, 0) is 37.5 Å². The Hall–Kier alpha value is -2.07. The number of carbonyl (C=O) groups is 1. The number of hydrogen-bond donors (Lipinski definition) is 1. The lowest BCUT2D eigenvalue weighted by molar-refractivity contribution is 0.0532. The van der Waals surface area contributed by atoms with Crippen molar-refractivity contribution in [2.45, 2.75) is 19.8 Å². The molecule has 0 fully saturated rings. The van der Waals surface area contributed by atoms with Crippen molar-refractivity contribution in [3.63, 3.8) is 0 Å². The Labute approximate surface area is 126 Å². The van der Waals surface area contributed by atoms with E-state index in [1.807, 2.05) is 19.1 Å². The number of aryl methyl sites for hydroxylation is 2. The third kappa shape index (κ3) is 1.90. The van der Waals surface area contributed by atoms with Gasteiger partial charge in [0.15, 0.2) is 0 Å². The van der Waals surface area contributed by atoms with Gasteiger partial charge in [-0.1, -0.05) is 18.2 Å². The smallest absolute Gasteiger partial charge is 0.348 e. The molecule has 4 rings (SSSR count). The maximum Gasteiger partial charge on any atom is 0.348 e. The van der Waals surface area contributed by atoms with E-state index in [4.69, 9.17) is 4.74 Å². The van der Waals surface area contributed by atoms with Crippen LogP contribution in [-0.4, -0.2) is 17.6 Å². The normalized spacial score (nSPS) is 13.0. The largest absolute Gasteiger partial charge is 0.462 e. The highest BCUT2D eigenvalue weighted by Crippen LogP contribution is 2.41. The van der Waals surface area contributed by atoms with E-state index in [9.17, 15) is 4.79 Å². The van der Waals surface area contributed by atoms with Crippen LogP contribution in [0.15, 0.2) is 30.3 Å². The number of rotatable bonds is 2. The maximum atomic E-state index is 11.9. The molecule has 0 saturated heterocycles. The summed E-state index contributed by atoms with van der Waals surface area (Å²) in [5.74, 6) is -0.213. The first-order valence-corrected chi connectivity index (χ1v) is 7.99. The molecule has 0 saturated carbocycles. The molecule has 3 nitrogen and oxygen atoms in total. The quantitative estimate of drug-likeness (QED) is 0.721. The summed E-state index contributed by atoms with van der Waals surface area (Å²) in [5.41, 5.74) is 4.87. The molecule has 0 aliphatic heterocycles. The van der Waals surface area contributed by atoms with Gasteiger partial charge in [-0.3, -0.25) is 0 Å². The standard InChI is InChI=1S/C17H15NO2S/c1-2-20-17(19)15-9-12-14(21-15)8-7-11-10-5-3-4-6-13(10)18-16(11)12/h3-6,9,18H,2,7-8H2,1H3. The Morgan fingerprint density at radius 1 is 1.33 bits per heavy atom. The molecule has 0 unspecified atom stereocenters. The number of ether oxygens (including phenoxy) is 1. The number of carbonyl (C=O) groups excluding carboxylic acids is 1. The predicted molar refractivity (Wildman–Crippen MR) is 85.0 cm³/mol. The molecule has 0 bridgehead atoms. The molecule has 1 aliphatic carbocycles. The van der Waals surface area contributed by atoms with Gasteiger partial charge in [0.05, 0.1) is 12.3 Å². The number of aromatic amines is 1. The lowest BCUT2D eigenvalue weighted by Crippen LogP contribution is -2.01. The highest BCUT2D eigenvalue weighted by atomic mass is 32.1. The van der Waals surface area contributed by atoms with E-state index in [1.165, 1.54) is 32.6 Å². The second kappa shape index (κ2) is 4.74. The molecule has 21 heavy (non-hydrogen) atoms. The lowest BCUT2D eigenvalue weighted by atomic mass is 9.95.